The molecule has 1 aromatic carbocycles. The number of piperidine rings is 1. The Hall–Kier alpha value is -2.13. The molecule has 2 spiro atoms. The number of fused-ring (bicyclic) bond motifs is 1. The maximum Gasteiger partial charge on any atom is 0.250 e. The first kappa shape index (κ1) is 24.6. The van der Waals surface area contributed by atoms with Crippen LogP contribution in [0.5, 0.6) is 11.5 Å². The second-order valence-electron chi connectivity index (χ2n) is 12.9. The predicted octanol–water partition coefficient (Wildman–Crippen LogP) is 2.29. The van der Waals surface area contributed by atoms with Crippen LogP contribution in [0.15, 0.2) is 23.8 Å². The van der Waals surface area contributed by atoms with Gasteiger partial charge in [0.05, 0.1) is 25.7 Å². The Bertz CT molecular complexity index is 1220. The monoisotopic (exact) mass is 535 g/mol. The first-order chi connectivity index (χ1) is 19.1. The summed E-state index contributed by atoms with van der Waals surface area (Å²) in [7, 11) is 3.50. The van der Waals surface area contributed by atoms with Gasteiger partial charge in [-0.2, -0.15) is 0 Å². The predicted molar refractivity (Wildman–Crippen MR) is 145 cm³/mol. The van der Waals surface area contributed by atoms with Crippen LogP contribution in [0.4, 0.5) is 0 Å². The highest BCUT2D eigenvalue weighted by molar-refractivity contribution is 5.97. The van der Waals surface area contributed by atoms with Crippen molar-refractivity contribution in [1.29, 1.82) is 0 Å². The Labute approximate surface area is 231 Å². The number of ether oxygens (including phenoxy) is 4. The number of carbonyl (C=O) groups excluding carboxylic acids is 1. The highest BCUT2D eigenvalue weighted by Crippen LogP contribution is 2.74. The quantitative estimate of drug-likeness (QED) is 0.548. The molecule has 2 saturated heterocycles. The van der Waals surface area contributed by atoms with E-state index in [0.29, 0.717) is 12.6 Å². The molecule has 0 radical (unpaired) electrons. The number of hydrogen-bond acceptors (Lipinski definition) is 7. The molecule has 9 rings (SSSR count). The molecule has 8 nitrogen and oxygen atoms in total. The molecule has 0 unspecified atom stereocenters. The van der Waals surface area contributed by atoms with Crippen LogP contribution in [0.3, 0.4) is 0 Å². The van der Waals surface area contributed by atoms with Crippen molar-refractivity contribution in [3.63, 3.8) is 0 Å². The number of likely N-dealkylation sites (tertiary alicyclic amines) is 1. The molecule has 1 aromatic rings. The Morgan fingerprint density at radius 3 is 2.74 bits per heavy atom. The van der Waals surface area contributed by atoms with E-state index in [0.717, 1.165) is 88.1 Å². The van der Waals surface area contributed by atoms with E-state index in [2.05, 4.69) is 33.3 Å². The number of carbonyl (C=O) groups is 1. The van der Waals surface area contributed by atoms with Crippen LogP contribution in [0.25, 0.3) is 0 Å². The molecule has 8 aliphatic rings. The van der Waals surface area contributed by atoms with E-state index in [1.165, 1.54) is 30.5 Å². The molecule has 1 N–H and O–H groups in total. The summed E-state index contributed by atoms with van der Waals surface area (Å²) >= 11 is 0. The number of rotatable bonds is 8. The van der Waals surface area contributed by atoms with E-state index < -0.39 is 5.60 Å². The number of morpholine rings is 1. The Balaban J connectivity index is 1.21. The third kappa shape index (κ3) is 3.17. The number of amides is 1. The second kappa shape index (κ2) is 8.68. The van der Waals surface area contributed by atoms with E-state index in [1.54, 1.807) is 14.2 Å². The summed E-state index contributed by atoms with van der Waals surface area (Å²) in [5, 5.41) is 3.28. The summed E-state index contributed by atoms with van der Waals surface area (Å²) in [5.74, 6) is 2.53. The average molecular weight is 536 g/mol. The zero-order valence-electron chi connectivity index (χ0n) is 23.3. The van der Waals surface area contributed by atoms with Crippen molar-refractivity contribution in [2.45, 2.75) is 61.7 Å². The van der Waals surface area contributed by atoms with Crippen molar-refractivity contribution in [1.82, 2.24) is 15.1 Å². The lowest BCUT2D eigenvalue weighted by Crippen LogP contribution is -2.78. The van der Waals surface area contributed by atoms with Gasteiger partial charge >= 0.3 is 0 Å². The van der Waals surface area contributed by atoms with Gasteiger partial charge in [0.25, 0.3) is 0 Å². The van der Waals surface area contributed by atoms with Gasteiger partial charge in [-0.25, -0.2) is 0 Å². The van der Waals surface area contributed by atoms with E-state index in [-0.39, 0.29) is 22.8 Å². The second-order valence-corrected chi connectivity index (χ2v) is 12.9. The van der Waals surface area contributed by atoms with Crippen LogP contribution in [0.1, 0.15) is 43.2 Å². The van der Waals surface area contributed by atoms with Gasteiger partial charge in [-0.15, -0.1) is 0 Å². The average Bonchev–Trinajstić information content (AvgIpc) is 3.71. The number of nitrogens with one attached hydrogen (secondary N) is 1. The molecule has 210 valence electrons. The number of hydrogen-bond donors (Lipinski definition) is 1. The van der Waals surface area contributed by atoms with Crippen molar-refractivity contribution >= 4 is 5.91 Å². The highest BCUT2D eigenvalue weighted by Gasteiger charge is 2.79. The molecule has 4 fully saturated rings. The lowest BCUT2D eigenvalue weighted by atomic mass is 9.37. The molecule has 5 atom stereocenters. The fourth-order valence-corrected chi connectivity index (χ4v) is 9.51. The SMILES string of the molecule is COc1ccc2c3c1O[C@@H]1[C@]34CCN(CC3CC3)[C@H](C2)[C@@]42C=C(C(=O)NCCN3CCOCC3)[C@]1(OC)CC2. The standard InChI is InChI=1S/C31H41N3O5/c1-36-23-6-5-21-17-24-29-7-8-31(37-2,22(18-29)27(35)32-10-12-33-13-15-38-16-14-33)28-30(29,25(21)26(23)39-28)9-11-34(24)19-20-3-4-20/h5-6,18,20,24,28H,3-4,7-17,19H2,1-2H3,(H,32,35)/t24-,28-,29-,30+,31-/m1/s1. The van der Waals surface area contributed by atoms with Crippen LogP contribution in [-0.2, 0) is 26.1 Å². The van der Waals surface area contributed by atoms with Gasteiger partial charge in [0.15, 0.2) is 11.5 Å². The van der Waals surface area contributed by atoms with Crippen LogP contribution >= 0.6 is 0 Å². The summed E-state index contributed by atoms with van der Waals surface area (Å²) in [6.45, 7) is 7.08. The fraction of sp³-hybridized carbons (Fsp3) is 0.710. The summed E-state index contributed by atoms with van der Waals surface area (Å²) in [6.07, 6.45) is 8.72. The topological polar surface area (TPSA) is 72.5 Å². The minimum Gasteiger partial charge on any atom is -0.493 e. The summed E-state index contributed by atoms with van der Waals surface area (Å²) in [4.78, 5) is 19.2. The highest BCUT2D eigenvalue weighted by atomic mass is 16.6. The van der Waals surface area contributed by atoms with Crippen molar-refractivity contribution < 1.29 is 23.7 Å². The number of nitrogens with zero attached hydrogens (tertiary/aromatic N) is 2. The first-order valence-corrected chi connectivity index (χ1v) is 15.0. The number of benzene rings is 1. The van der Waals surface area contributed by atoms with Gasteiger partial charge in [-0.3, -0.25) is 14.6 Å². The zero-order chi connectivity index (χ0) is 26.4. The molecule has 3 aliphatic heterocycles. The molecule has 5 aliphatic carbocycles. The summed E-state index contributed by atoms with van der Waals surface area (Å²) in [5.41, 5.74) is 2.42. The molecular weight excluding hydrogens is 494 g/mol. The fourth-order valence-electron chi connectivity index (χ4n) is 9.51. The van der Waals surface area contributed by atoms with Crippen molar-refractivity contribution in [2.75, 3.05) is 66.7 Å². The lowest BCUT2D eigenvalue weighted by molar-refractivity contribution is -0.196. The Morgan fingerprint density at radius 2 is 1.97 bits per heavy atom. The van der Waals surface area contributed by atoms with Gasteiger partial charge in [0.1, 0.15) is 11.7 Å². The van der Waals surface area contributed by atoms with Gasteiger partial charge in [0.2, 0.25) is 5.91 Å². The molecule has 2 saturated carbocycles. The minimum atomic E-state index is -0.771. The molecule has 39 heavy (non-hydrogen) atoms. The van der Waals surface area contributed by atoms with E-state index >= 15 is 0 Å². The van der Waals surface area contributed by atoms with Crippen LogP contribution in [0, 0.1) is 11.3 Å². The zero-order valence-corrected chi connectivity index (χ0v) is 23.3. The molecule has 3 heterocycles. The molecule has 8 heteroatoms. The van der Waals surface area contributed by atoms with Crippen molar-refractivity contribution in [3.05, 3.63) is 34.9 Å². The van der Waals surface area contributed by atoms with E-state index in [1.807, 2.05) is 0 Å². The van der Waals surface area contributed by atoms with E-state index in [4.69, 9.17) is 18.9 Å². The smallest absolute Gasteiger partial charge is 0.250 e. The molecular formula is C31H41N3O5. The van der Waals surface area contributed by atoms with E-state index in [9.17, 15) is 4.79 Å². The van der Waals surface area contributed by atoms with Crippen LogP contribution in [-0.4, -0.2) is 100 Å². The Morgan fingerprint density at radius 1 is 1.13 bits per heavy atom. The van der Waals surface area contributed by atoms with Gasteiger partial charge in [-0.05, 0) is 62.6 Å². The van der Waals surface area contributed by atoms with Crippen molar-refractivity contribution in [2.24, 2.45) is 11.3 Å². The summed E-state index contributed by atoms with van der Waals surface area (Å²) in [6, 6.07) is 4.72. The van der Waals surface area contributed by atoms with Gasteiger partial charge in [0, 0.05) is 62.4 Å². The minimum absolute atomic E-state index is 0.00293. The van der Waals surface area contributed by atoms with Gasteiger partial charge < -0.3 is 24.3 Å². The third-order valence-corrected chi connectivity index (χ3v) is 11.4. The third-order valence-electron chi connectivity index (χ3n) is 11.4. The largest absolute Gasteiger partial charge is 0.493 e. The lowest BCUT2D eigenvalue weighted by Gasteiger charge is -2.70. The normalized spacial score (nSPS) is 38.2. The Kier molecular flexibility index (Phi) is 5.49. The maximum atomic E-state index is 14.0. The van der Waals surface area contributed by atoms with Crippen molar-refractivity contribution in [3.8, 4) is 11.5 Å². The molecule has 1 amide bonds. The molecule has 4 bridgehead atoms. The summed E-state index contributed by atoms with van der Waals surface area (Å²) < 4.78 is 24.8. The number of methoxy groups -OCH3 is 2. The van der Waals surface area contributed by atoms with Gasteiger partial charge in [-0.1, -0.05) is 12.1 Å². The van der Waals surface area contributed by atoms with Crippen LogP contribution in [0.2, 0.25) is 0 Å². The maximum absolute atomic E-state index is 14.0. The first-order valence-electron chi connectivity index (χ1n) is 15.0. The van der Waals surface area contributed by atoms with Crippen LogP contribution < -0.4 is 14.8 Å². The molecule has 0 aromatic heterocycles.